The van der Waals surface area contributed by atoms with Crippen molar-refractivity contribution in [3.8, 4) is 0 Å². The number of hydrogen-bond donors (Lipinski definition) is 3. The molecule has 1 aromatic rings. The van der Waals surface area contributed by atoms with Crippen LogP contribution in [-0.4, -0.2) is 37.5 Å². The number of hydrogen-bond acceptors (Lipinski definition) is 3. The lowest BCUT2D eigenvalue weighted by Crippen LogP contribution is -2.48. The third kappa shape index (κ3) is 5.01. The van der Waals surface area contributed by atoms with Gasteiger partial charge in [-0.3, -0.25) is 9.59 Å². The number of rotatable bonds is 5. The predicted molar refractivity (Wildman–Crippen MR) is 77.2 cm³/mol. The second-order valence-corrected chi connectivity index (χ2v) is 5.05. The van der Waals surface area contributed by atoms with E-state index in [1.807, 2.05) is 30.3 Å². The first-order chi connectivity index (χ1) is 9.74. The second-order valence-electron chi connectivity index (χ2n) is 5.05. The molecule has 5 heteroatoms. The topological polar surface area (TPSA) is 70.2 Å². The third-order valence-electron chi connectivity index (χ3n) is 3.32. The first kappa shape index (κ1) is 14.5. The average molecular weight is 275 g/mol. The number of amides is 2. The van der Waals surface area contributed by atoms with Gasteiger partial charge < -0.3 is 16.0 Å². The zero-order valence-corrected chi connectivity index (χ0v) is 11.5. The molecule has 20 heavy (non-hydrogen) atoms. The van der Waals surface area contributed by atoms with Crippen molar-refractivity contribution in [1.29, 1.82) is 0 Å². The van der Waals surface area contributed by atoms with Gasteiger partial charge in [-0.1, -0.05) is 30.3 Å². The molecule has 1 aliphatic heterocycles. The molecule has 2 rings (SSSR count). The molecule has 0 bridgehead atoms. The Balaban J connectivity index is 1.66. The van der Waals surface area contributed by atoms with E-state index in [2.05, 4.69) is 16.0 Å². The summed E-state index contributed by atoms with van der Waals surface area (Å²) in [5, 5.41) is 8.81. The van der Waals surface area contributed by atoms with Crippen LogP contribution in [0, 0.1) is 0 Å². The largest absolute Gasteiger partial charge is 0.351 e. The van der Waals surface area contributed by atoms with Gasteiger partial charge in [0.25, 0.3) is 0 Å². The van der Waals surface area contributed by atoms with Crippen LogP contribution in [0.25, 0.3) is 0 Å². The fraction of sp³-hybridized carbons (Fsp3) is 0.467. The summed E-state index contributed by atoms with van der Waals surface area (Å²) in [6, 6.07) is 9.67. The van der Waals surface area contributed by atoms with Gasteiger partial charge in [0.05, 0.1) is 13.0 Å². The molecule has 0 spiro atoms. The highest BCUT2D eigenvalue weighted by Crippen LogP contribution is 2.01. The summed E-state index contributed by atoms with van der Waals surface area (Å²) in [5.74, 6) is -0.256. The first-order valence-electron chi connectivity index (χ1n) is 7.05. The Morgan fingerprint density at radius 3 is 2.70 bits per heavy atom. The van der Waals surface area contributed by atoms with Gasteiger partial charge in [0.15, 0.2) is 0 Å². The molecule has 0 aromatic heterocycles. The van der Waals surface area contributed by atoms with Gasteiger partial charge >= 0.3 is 0 Å². The number of carbonyl (C=O) groups is 2. The fourth-order valence-corrected chi connectivity index (χ4v) is 2.28. The molecule has 1 fully saturated rings. The molecule has 2 amide bonds. The Hall–Kier alpha value is -1.88. The normalized spacial score (nSPS) is 18.3. The Labute approximate surface area is 119 Å². The highest BCUT2D eigenvalue weighted by molar-refractivity contribution is 5.85. The molecule has 0 aliphatic carbocycles. The summed E-state index contributed by atoms with van der Waals surface area (Å²) in [6.45, 7) is 1.87. The van der Waals surface area contributed by atoms with E-state index in [1.54, 1.807) is 0 Å². The van der Waals surface area contributed by atoms with Crippen LogP contribution < -0.4 is 16.0 Å². The molecule has 1 aliphatic rings. The number of nitrogens with one attached hydrogen (secondary N) is 3. The molecule has 0 saturated carbocycles. The standard InChI is InChI=1S/C15H21N3O2/c19-14(9-12-5-2-1-3-6-12)17-11-15(20)18-13-7-4-8-16-10-13/h1-3,5-6,13,16H,4,7-11H2,(H,17,19)(H,18,20). The van der Waals surface area contributed by atoms with Gasteiger partial charge in [0, 0.05) is 12.6 Å². The van der Waals surface area contributed by atoms with Crippen molar-refractivity contribution in [2.45, 2.75) is 25.3 Å². The Bertz CT molecular complexity index is 442. The van der Waals surface area contributed by atoms with Crippen LogP contribution in [0.1, 0.15) is 18.4 Å². The summed E-state index contributed by atoms with van der Waals surface area (Å²) >= 11 is 0. The van der Waals surface area contributed by atoms with Gasteiger partial charge in [-0.2, -0.15) is 0 Å². The van der Waals surface area contributed by atoms with Gasteiger partial charge in [0.1, 0.15) is 0 Å². The smallest absolute Gasteiger partial charge is 0.239 e. The summed E-state index contributed by atoms with van der Waals surface area (Å²) in [5.41, 5.74) is 0.946. The van der Waals surface area contributed by atoms with Crippen LogP contribution in [0.3, 0.4) is 0 Å². The van der Waals surface area contributed by atoms with E-state index in [1.165, 1.54) is 0 Å². The fourth-order valence-electron chi connectivity index (χ4n) is 2.28. The quantitative estimate of drug-likeness (QED) is 0.719. The van der Waals surface area contributed by atoms with Crippen molar-refractivity contribution in [3.63, 3.8) is 0 Å². The summed E-state index contributed by atoms with van der Waals surface area (Å²) in [6.07, 6.45) is 2.38. The minimum atomic E-state index is -0.131. The lowest BCUT2D eigenvalue weighted by atomic mass is 10.1. The molecular formula is C15H21N3O2. The van der Waals surface area contributed by atoms with Crippen LogP contribution >= 0.6 is 0 Å². The molecule has 108 valence electrons. The number of carbonyl (C=O) groups excluding carboxylic acids is 2. The predicted octanol–water partition coefficient (Wildman–Crippen LogP) is 0.214. The molecular weight excluding hydrogens is 254 g/mol. The van der Waals surface area contributed by atoms with Crippen LogP contribution in [0.5, 0.6) is 0 Å². The van der Waals surface area contributed by atoms with Crippen molar-refractivity contribution < 1.29 is 9.59 Å². The van der Waals surface area contributed by atoms with E-state index in [9.17, 15) is 9.59 Å². The van der Waals surface area contributed by atoms with Crippen molar-refractivity contribution in [2.24, 2.45) is 0 Å². The molecule has 1 atom stereocenters. The van der Waals surface area contributed by atoms with Crippen molar-refractivity contribution >= 4 is 11.8 Å². The molecule has 0 radical (unpaired) electrons. The van der Waals surface area contributed by atoms with E-state index in [0.717, 1.165) is 31.5 Å². The molecule has 3 N–H and O–H groups in total. The van der Waals surface area contributed by atoms with Gasteiger partial charge in [0.2, 0.25) is 11.8 Å². The molecule has 1 unspecified atom stereocenters. The highest BCUT2D eigenvalue weighted by atomic mass is 16.2. The maximum absolute atomic E-state index is 11.7. The molecule has 1 aromatic carbocycles. The number of piperidine rings is 1. The SMILES string of the molecule is O=C(Cc1ccccc1)NCC(=O)NC1CCCNC1. The highest BCUT2D eigenvalue weighted by Gasteiger charge is 2.15. The lowest BCUT2D eigenvalue weighted by Gasteiger charge is -2.23. The third-order valence-corrected chi connectivity index (χ3v) is 3.32. The van der Waals surface area contributed by atoms with E-state index >= 15 is 0 Å². The zero-order chi connectivity index (χ0) is 14.2. The van der Waals surface area contributed by atoms with Crippen LogP contribution in [-0.2, 0) is 16.0 Å². The van der Waals surface area contributed by atoms with Gasteiger partial charge in [-0.05, 0) is 24.9 Å². The van der Waals surface area contributed by atoms with Gasteiger partial charge in [-0.25, -0.2) is 0 Å². The average Bonchev–Trinajstić information content (AvgIpc) is 2.47. The maximum Gasteiger partial charge on any atom is 0.239 e. The van der Waals surface area contributed by atoms with Crippen LogP contribution in [0.2, 0.25) is 0 Å². The Morgan fingerprint density at radius 1 is 1.20 bits per heavy atom. The van der Waals surface area contributed by atoms with E-state index in [0.29, 0.717) is 6.42 Å². The molecule has 1 heterocycles. The molecule has 5 nitrogen and oxygen atoms in total. The van der Waals surface area contributed by atoms with Gasteiger partial charge in [-0.15, -0.1) is 0 Å². The lowest BCUT2D eigenvalue weighted by molar-refractivity contribution is -0.126. The van der Waals surface area contributed by atoms with Crippen molar-refractivity contribution in [2.75, 3.05) is 19.6 Å². The minimum absolute atomic E-state index is 0.0438. The monoisotopic (exact) mass is 275 g/mol. The second kappa shape index (κ2) is 7.65. The van der Waals surface area contributed by atoms with Crippen molar-refractivity contribution in [1.82, 2.24) is 16.0 Å². The van der Waals surface area contributed by atoms with Crippen LogP contribution in [0.15, 0.2) is 30.3 Å². The van der Waals surface area contributed by atoms with Crippen LogP contribution in [0.4, 0.5) is 0 Å². The maximum atomic E-state index is 11.7. The Kier molecular flexibility index (Phi) is 5.55. The van der Waals surface area contributed by atoms with E-state index in [4.69, 9.17) is 0 Å². The summed E-state index contributed by atoms with van der Waals surface area (Å²) in [4.78, 5) is 23.4. The first-order valence-corrected chi connectivity index (χ1v) is 7.05. The minimum Gasteiger partial charge on any atom is -0.351 e. The molecule has 1 saturated heterocycles. The Morgan fingerprint density at radius 2 is 2.00 bits per heavy atom. The zero-order valence-electron chi connectivity index (χ0n) is 11.5. The van der Waals surface area contributed by atoms with E-state index in [-0.39, 0.29) is 24.4 Å². The van der Waals surface area contributed by atoms with Crippen molar-refractivity contribution in [3.05, 3.63) is 35.9 Å². The van der Waals surface area contributed by atoms with E-state index < -0.39 is 0 Å². The summed E-state index contributed by atoms with van der Waals surface area (Å²) < 4.78 is 0. The number of benzene rings is 1. The summed E-state index contributed by atoms with van der Waals surface area (Å²) in [7, 11) is 0.